The Bertz CT molecular complexity index is 429. The van der Waals surface area contributed by atoms with Gasteiger partial charge >= 0.3 is 0 Å². The molecule has 0 unspecified atom stereocenters. The molecular formula is C15H27IN4OS. The van der Waals surface area contributed by atoms with Crippen LogP contribution in [0.25, 0.3) is 0 Å². The zero-order chi connectivity index (χ0) is 15.6. The lowest BCUT2D eigenvalue weighted by molar-refractivity contribution is 0.320. The summed E-state index contributed by atoms with van der Waals surface area (Å²) in [6, 6.07) is 3.76. The molecule has 0 aliphatic heterocycles. The Morgan fingerprint density at radius 3 is 2.77 bits per heavy atom. The Kier molecular flexibility index (Phi) is 11.4. The van der Waals surface area contributed by atoms with E-state index in [1.54, 1.807) is 12.4 Å². The van der Waals surface area contributed by atoms with Crippen molar-refractivity contribution in [2.75, 3.05) is 32.5 Å². The number of thioether (sulfide) groups is 1. The quantitative estimate of drug-likeness (QED) is 0.283. The molecule has 0 saturated carbocycles. The van der Waals surface area contributed by atoms with Crippen molar-refractivity contribution < 1.29 is 4.74 Å². The molecule has 0 saturated heterocycles. The van der Waals surface area contributed by atoms with E-state index in [1.807, 2.05) is 23.9 Å². The van der Waals surface area contributed by atoms with E-state index in [0.29, 0.717) is 13.2 Å². The molecule has 0 spiro atoms. The van der Waals surface area contributed by atoms with Crippen molar-refractivity contribution in [2.45, 2.75) is 25.5 Å². The average Bonchev–Trinajstić information content (AvgIpc) is 2.50. The van der Waals surface area contributed by atoms with Gasteiger partial charge in [0.2, 0.25) is 0 Å². The second kappa shape index (κ2) is 11.8. The molecule has 1 rings (SSSR count). The number of guanidine groups is 1. The first kappa shape index (κ1) is 21.3. The summed E-state index contributed by atoms with van der Waals surface area (Å²) in [6.07, 6.45) is 5.55. The molecule has 0 bridgehead atoms. The summed E-state index contributed by atoms with van der Waals surface area (Å²) in [7, 11) is 0. The Labute approximate surface area is 155 Å². The predicted octanol–water partition coefficient (Wildman–Crippen LogP) is 2.78. The molecule has 0 aliphatic carbocycles. The van der Waals surface area contributed by atoms with E-state index < -0.39 is 0 Å². The number of rotatable bonds is 8. The zero-order valence-corrected chi connectivity index (χ0v) is 16.9. The Hall–Kier alpha value is -0.700. The molecule has 1 aromatic heterocycles. The van der Waals surface area contributed by atoms with Gasteiger partial charge in [-0.15, -0.1) is 24.0 Å². The molecule has 1 aromatic rings. The first-order chi connectivity index (χ1) is 10.1. The standard InChI is InChI=1S/C15H26N4OS.HI/c1-5-17-14(19-12-15(2,3)21-4)18-9-10-20-13-7-6-8-16-11-13;/h6-8,11H,5,9-10,12H2,1-4H3,(H2,17,18,19);1H. The number of nitrogens with one attached hydrogen (secondary N) is 2. The summed E-state index contributed by atoms with van der Waals surface area (Å²) >= 11 is 1.82. The lowest BCUT2D eigenvalue weighted by Gasteiger charge is -2.20. The van der Waals surface area contributed by atoms with E-state index in [2.05, 4.69) is 47.6 Å². The summed E-state index contributed by atoms with van der Waals surface area (Å²) in [6.45, 7) is 9.32. The number of ether oxygens (including phenoxy) is 1. The fraction of sp³-hybridized carbons (Fsp3) is 0.600. The van der Waals surface area contributed by atoms with Gasteiger partial charge < -0.3 is 15.4 Å². The van der Waals surface area contributed by atoms with Crippen LogP contribution in [-0.4, -0.2) is 48.2 Å². The molecule has 0 aromatic carbocycles. The highest BCUT2D eigenvalue weighted by molar-refractivity contribution is 14.0. The molecular weight excluding hydrogens is 411 g/mol. The number of aromatic nitrogens is 1. The largest absolute Gasteiger partial charge is 0.490 e. The van der Waals surface area contributed by atoms with Crippen LogP contribution in [0.15, 0.2) is 29.5 Å². The van der Waals surface area contributed by atoms with Gasteiger partial charge in [-0.2, -0.15) is 11.8 Å². The SMILES string of the molecule is CCNC(=NCC(C)(C)SC)NCCOc1cccnc1.I. The fourth-order valence-corrected chi connectivity index (χ4v) is 1.64. The normalized spacial score (nSPS) is 11.5. The van der Waals surface area contributed by atoms with Gasteiger partial charge in [-0.05, 0) is 39.2 Å². The van der Waals surface area contributed by atoms with E-state index in [1.165, 1.54) is 0 Å². The second-order valence-electron chi connectivity index (χ2n) is 5.12. The van der Waals surface area contributed by atoms with Crippen molar-refractivity contribution in [3.63, 3.8) is 0 Å². The first-order valence-corrected chi connectivity index (χ1v) is 8.40. The molecule has 0 fully saturated rings. The van der Waals surface area contributed by atoms with E-state index in [9.17, 15) is 0 Å². The van der Waals surface area contributed by atoms with E-state index in [0.717, 1.165) is 24.8 Å². The molecule has 7 heteroatoms. The van der Waals surface area contributed by atoms with Gasteiger partial charge in [-0.1, -0.05) is 0 Å². The Morgan fingerprint density at radius 2 is 2.18 bits per heavy atom. The van der Waals surface area contributed by atoms with Crippen LogP contribution in [0.5, 0.6) is 5.75 Å². The van der Waals surface area contributed by atoms with Crippen molar-refractivity contribution in [1.29, 1.82) is 0 Å². The van der Waals surface area contributed by atoms with Crippen molar-refractivity contribution in [2.24, 2.45) is 4.99 Å². The van der Waals surface area contributed by atoms with Gasteiger partial charge in [-0.25, -0.2) is 0 Å². The van der Waals surface area contributed by atoms with Gasteiger partial charge in [0.15, 0.2) is 5.96 Å². The van der Waals surface area contributed by atoms with Gasteiger partial charge in [-0.3, -0.25) is 9.98 Å². The van der Waals surface area contributed by atoms with Crippen LogP contribution in [0.2, 0.25) is 0 Å². The fourth-order valence-electron chi connectivity index (χ4n) is 1.45. The lowest BCUT2D eigenvalue weighted by atomic mass is 10.2. The van der Waals surface area contributed by atoms with Crippen molar-refractivity contribution in [1.82, 2.24) is 15.6 Å². The minimum atomic E-state index is 0. The third-order valence-corrected chi connectivity index (χ3v) is 4.05. The number of halogens is 1. The monoisotopic (exact) mass is 438 g/mol. The smallest absolute Gasteiger partial charge is 0.191 e. The highest BCUT2D eigenvalue weighted by Crippen LogP contribution is 2.20. The molecule has 1 heterocycles. The van der Waals surface area contributed by atoms with E-state index in [4.69, 9.17) is 4.74 Å². The maximum atomic E-state index is 5.59. The molecule has 126 valence electrons. The topological polar surface area (TPSA) is 58.5 Å². The molecule has 2 N–H and O–H groups in total. The first-order valence-electron chi connectivity index (χ1n) is 7.17. The third kappa shape index (κ3) is 9.34. The summed E-state index contributed by atoms with van der Waals surface area (Å²) in [5.74, 6) is 1.61. The minimum Gasteiger partial charge on any atom is -0.490 e. The highest BCUT2D eigenvalue weighted by atomic mass is 127. The minimum absolute atomic E-state index is 0. The average molecular weight is 438 g/mol. The van der Waals surface area contributed by atoms with Gasteiger partial charge in [0.25, 0.3) is 0 Å². The molecule has 0 amide bonds. The Morgan fingerprint density at radius 1 is 1.41 bits per heavy atom. The van der Waals surface area contributed by atoms with E-state index >= 15 is 0 Å². The molecule has 0 radical (unpaired) electrons. The molecule has 0 aliphatic rings. The number of pyridine rings is 1. The number of hydrogen-bond donors (Lipinski definition) is 2. The predicted molar refractivity (Wildman–Crippen MR) is 107 cm³/mol. The molecule has 0 atom stereocenters. The van der Waals surface area contributed by atoms with Crippen LogP contribution in [0.1, 0.15) is 20.8 Å². The van der Waals surface area contributed by atoms with Crippen molar-refractivity contribution >= 4 is 41.7 Å². The van der Waals surface area contributed by atoms with E-state index in [-0.39, 0.29) is 28.7 Å². The lowest BCUT2D eigenvalue weighted by Crippen LogP contribution is -2.40. The highest BCUT2D eigenvalue weighted by Gasteiger charge is 2.15. The number of nitrogens with zero attached hydrogens (tertiary/aromatic N) is 2. The van der Waals surface area contributed by atoms with Crippen molar-refractivity contribution in [3.05, 3.63) is 24.5 Å². The van der Waals surface area contributed by atoms with Crippen LogP contribution in [0.4, 0.5) is 0 Å². The molecule has 22 heavy (non-hydrogen) atoms. The van der Waals surface area contributed by atoms with Gasteiger partial charge in [0, 0.05) is 17.5 Å². The summed E-state index contributed by atoms with van der Waals surface area (Å²) < 4.78 is 5.74. The third-order valence-electron chi connectivity index (χ3n) is 2.81. The summed E-state index contributed by atoms with van der Waals surface area (Å²) in [5.41, 5.74) is 0. The van der Waals surface area contributed by atoms with Crippen LogP contribution in [0, 0.1) is 0 Å². The summed E-state index contributed by atoms with van der Waals surface area (Å²) in [5, 5.41) is 6.51. The van der Waals surface area contributed by atoms with Gasteiger partial charge in [0.1, 0.15) is 12.4 Å². The number of aliphatic imine (C=N–C) groups is 1. The maximum absolute atomic E-state index is 5.59. The van der Waals surface area contributed by atoms with Gasteiger partial charge in [0.05, 0.1) is 19.3 Å². The van der Waals surface area contributed by atoms with Crippen LogP contribution < -0.4 is 15.4 Å². The number of hydrogen-bond acceptors (Lipinski definition) is 4. The second-order valence-corrected chi connectivity index (χ2v) is 6.64. The summed E-state index contributed by atoms with van der Waals surface area (Å²) in [4.78, 5) is 8.62. The maximum Gasteiger partial charge on any atom is 0.191 e. The van der Waals surface area contributed by atoms with Crippen LogP contribution in [-0.2, 0) is 0 Å². The van der Waals surface area contributed by atoms with Crippen LogP contribution >= 0.6 is 35.7 Å². The Balaban J connectivity index is 0.00000441. The van der Waals surface area contributed by atoms with Crippen LogP contribution in [0.3, 0.4) is 0 Å². The molecule has 5 nitrogen and oxygen atoms in total. The zero-order valence-electron chi connectivity index (χ0n) is 13.8. The van der Waals surface area contributed by atoms with Crippen molar-refractivity contribution in [3.8, 4) is 5.75 Å².